The highest BCUT2D eigenvalue weighted by atomic mass is 16.5. The van der Waals surface area contributed by atoms with Gasteiger partial charge in [0.25, 0.3) is 0 Å². The van der Waals surface area contributed by atoms with Gasteiger partial charge in [0.15, 0.2) is 0 Å². The van der Waals surface area contributed by atoms with Gasteiger partial charge >= 0.3 is 0 Å². The van der Waals surface area contributed by atoms with E-state index in [1.54, 1.807) is 0 Å². The summed E-state index contributed by atoms with van der Waals surface area (Å²) in [6.45, 7) is 5.82. The van der Waals surface area contributed by atoms with Crippen molar-refractivity contribution in [3.05, 3.63) is 0 Å². The molecule has 2 atom stereocenters. The van der Waals surface area contributed by atoms with Gasteiger partial charge in [0, 0.05) is 6.61 Å². The van der Waals surface area contributed by atoms with Crippen LogP contribution in [-0.2, 0) is 4.74 Å². The molecular formula is C11H20O. The molecule has 1 heteroatoms. The fourth-order valence-corrected chi connectivity index (χ4v) is 2.85. The molecule has 0 radical (unpaired) electrons. The summed E-state index contributed by atoms with van der Waals surface area (Å²) in [4.78, 5) is 0. The summed E-state index contributed by atoms with van der Waals surface area (Å²) in [6, 6.07) is 0. The zero-order valence-corrected chi connectivity index (χ0v) is 8.31. The third-order valence-electron chi connectivity index (χ3n) is 3.78. The monoisotopic (exact) mass is 168 g/mol. The van der Waals surface area contributed by atoms with E-state index in [-0.39, 0.29) is 0 Å². The summed E-state index contributed by atoms with van der Waals surface area (Å²) >= 11 is 0. The van der Waals surface area contributed by atoms with E-state index in [4.69, 9.17) is 4.74 Å². The van der Waals surface area contributed by atoms with Crippen LogP contribution in [0.3, 0.4) is 0 Å². The van der Waals surface area contributed by atoms with Crippen molar-refractivity contribution < 1.29 is 4.74 Å². The van der Waals surface area contributed by atoms with Gasteiger partial charge in [0.2, 0.25) is 0 Å². The molecule has 0 N–H and O–H groups in total. The van der Waals surface area contributed by atoms with Gasteiger partial charge < -0.3 is 4.74 Å². The van der Waals surface area contributed by atoms with Gasteiger partial charge in [-0.25, -0.2) is 0 Å². The lowest BCUT2D eigenvalue weighted by Crippen LogP contribution is -2.43. The number of hydrogen-bond donors (Lipinski definition) is 0. The molecule has 0 bridgehead atoms. The van der Waals surface area contributed by atoms with Crippen molar-refractivity contribution >= 4 is 0 Å². The van der Waals surface area contributed by atoms with Gasteiger partial charge in [-0.2, -0.15) is 0 Å². The zero-order valence-electron chi connectivity index (χ0n) is 8.31. The van der Waals surface area contributed by atoms with Crippen LogP contribution >= 0.6 is 0 Å². The smallest absolute Gasteiger partial charge is 0.0608 e. The molecule has 12 heavy (non-hydrogen) atoms. The minimum absolute atomic E-state index is 0.545. The molecule has 1 saturated carbocycles. The molecular weight excluding hydrogens is 148 g/mol. The minimum Gasteiger partial charge on any atom is -0.378 e. The Morgan fingerprint density at radius 2 is 1.92 bits per heavy atom. The second kappa shape index (κ2) is 3.02. The van der Waals surface area contributed by atoms with Gasteiger partial charge in [-0.1, -0.05) is 26.7 Å². The summed E-state index contributed by atoms with van der Waals surface area (Å²) < 4.78 is 5.82. The lowest BCUT2D eigenvalue weighted by molar-refractivity contribution is -0.107. The first kappa shape index (κ1) is 8.55. The first-order valence-corrected chi connectivity index (χ1v) is 5.32. The van der Waals surface area contributed by atoms with E-state index >= 15 is 0 Å². The van der Waals surface area contributed by atoms with Crippen molar-refractivity contribution in [3.8, 4) is 0 Å². The quantitative estimate of drug-likeness (QED) is 0.540. The van der Waals surface area contributed by atoms with Crippen molar-refractivity contribution in [2.45, 2.75) is 52.1 Å². The SMILES string of the molecule is CC1(C)CCO[C@@H]2CCCCC21. The van der Waals surface area contributed by atoms with Gasteiger partial charge in [-0.15, -0.1) is 0 Å². The molecule has 2 fully saturated rings. The number of ether oxygens (including phenoxy) is 1. The van der Waals surface area contributed by atoms with E-state index in [0.29, 0.717) is 11.5 Å². The van der Waals surface area contributed by atoms with E-state index in [1.807, 2.05) is 0 Å². The molecule has 1 aliphatic carbocycles. The summed E-state index contributed by atoms with van der Waals surface area (Å²) in [5.41, 5.74) is 0.545. The van der Waals surface area contributed by atoms with Crippen LogP contribution in [0.15, 0.2) is 0 Å². The molecule has 1 heterocycles. The maximum Gasteiger partial charge on any atom is 0.0608 e. The molecule has 0 aromatic rings. The van der Waals surface area contributed by atoms with E-state index in [1.165, 1.54) is 32.1 Å². The predicted octanol–water partition coefficient (Wildman–Crippen LogP) is 2.99. The largest absolute Gasteiger partial charge is 0.378 e. The summed E-state index contributed by atoms with van der Waals surface area (Å²) in [5.74, 6) is 0.847. The first-order chi connectivity index (χ1) is 5.70. The molecule has 70 valence electrons. The fraction of sp³-hybridized carbons (Fsp3) is 1.00. The summed E-state index contributed by atoms with van der Waals surface area (Å²) in [5, 5.41) is 0. The molecule has 0 aromatic heterocycles. The zero-order chi connectivity index (χ0) is 8.60. The lowest BCUT2D eigenvalue weighted by atomic mass is 9.67. The first-order valence-electron chi connectivity index (χ1n) is 5.32. The Kier molecular flexibility index (Phi) is 2.16. The Morgan fingerprint density at radius 3 is 2.67 bits per heavy atom. The predicted molar refractivity (Wildman–Crippen MR) is 50.1 cm³/mol. The summed E-state index contributed by atoms with van der Waals surface area (Å²) in [6.07, 6.45) is 7.38. The Bertz CT molecular complexity index is 160. The Hall–Kier alpha value is -0.0400. The van der Waals surface area contributed by atoms with Gasteiger partial charge in [-0.3, -0.25) is 0 Å². The van der Waals surface area contributed by atoms with Crippen molar-refractivity contribution in [2.24, 2.45) is 11.3 Å². The highest BCUT2D eigenvalue weighted by molar-refractivity contribution is 4.89. The average molecular weight is 168 g/mol. The van der Waals surface area contributed by atoms with Crippen molar-refractivity contribution in [1.29, 1.82) is 0 Å². The fourth-order valence-electron chi connectivity index (χ4n) is 2.85. The van der Waals surface area contributed by atoms with E-state index < -0.39 is 0 Å². The van der Waals surface area contributed by atoms with Crippen LogP contribution < -0.4 is 0 Å². The molecule has 1 aliphatic heterocycles. The maximum atomic E-state index is 5.82. The van der Waals surface area contributed by atoms with E-state index in [9.17, 15) is 0 Å². The van der Waals surface area contributed by atoms with Gasteiger partial charge in [-0.05, 0) is 30.6 Å². The molecule has 1 unspecified atom stereocenters. The minimum atomic E-state index is 0.545. The number of rotatable bonds is 0. The molecule has 2 rings (SSSR count). The Morgan fingerprint density at radius 1 is 1.17 bits per heavy atom. The average Bonchev–Trinajstić information content (AvgIpc) is 2.04. The van der Waals surface area contributed by atoms with Crippen LogP contribution in [0, 0.1) is 11.3 Å². The maximum absolute atomic E-state index is 5.82. The third-order valence-corrected chi connectivity index (χ3v) is 3.78. The second-order valence-corrected chi connectivity index (χ2v) is 5.04. The highest BCUT2D eigenvalue weighted by Crippen LogP contribution is 2.44. The van der Waals surface area contributed by atoms with Crippen LogP contribution in [0.2, 0.25) is 0 Å². The normalized spacial score (nSPS) is 40.5. The molecule has 0 aromatic carbocycles. The van der Waals surface area contributed by atoms with Gasteiger partial charge in [0.05, 0.1) is 6.10 Å². The lowest BCUT2D eigenvalue weighted by Gasteiger charge is -2.46. The number of fused-ring (bicyclic) bond motifs is 1. The van der Waals surface area contributed by atoms with Crippen molar-refractivity contribution in [2.75, 3.05) is 6.61 Å². The van der Waals surface area contributed by atoms with Crippen LogP contribution in [0.25, 0.3) is 0 Å². The van der Waals surface area contributed by atoms with Crippen LogP contribution in [-0.4, -0.2) is 12.7 Å². The Balaban J connectivity index is 2.09. The van der Waals surface area contributed by atoms with Crippen molar-refractivity contribution in [3.63, 3.8) is 0 Å². The summed E-state index contributed by atoms with van der Waals surface area (Å²) in [7, 11) is 0. The molecule has 0 amide bonds. The number of hydrogen-bond acceptors (Lipinski definition) is 1. The topological polar surface area (TPSA) is 9.23 Å². The second-order valence-electron chi connectivity index (χ2n) is 5.04. The molecule has 1 saturated heterocycles. The van der Waals surface area contributed by atoms with Crippen LogP contribution in [0.1, 0.15) is 46.0 Å². The van der Waals surface area contributed by atoms with E-state index in [2.05, 4.69) is 13.8 Å². The van der Waals surface area contributed by atoms with E-state index in [0.717, 1.165) is 12.5 Å². The molecule has 0 spiro atoms. The molecule has 1 nitrogen and oxygen atoms in total. The van der Waals surface area contributed by atoms with Crippen LogP contribution in [0.5, 0.6) is 0 Å². The third kappa shape index (κ3) is 1.39. The Labute approximate surface area is 75.5 Å². The highest BCUT2D eigenvalue weighted by Gasteiger charge is 2.40. The standard InChI is InChI=1S/C11H20O/c1-11(2)7-8-12-10-6-4-3-5-9(10)11/h9-10H,3-8H2,1-2H3/t9?,10-/m1/s1. The molecule has 2 aliphatic rings. The van der Waals surface area contributed by atoms with Gasteiger partial charge in [0.1, 0.15) is 0 Å². The van der Waals surface area contributed by atoms with Crippen molar-refractivity contribution in [1.82, 2.24) is 0 Å². The van der Waals surface area contributed by atoms with Crippen LogP contribution in [0.4, 0.5) is 0 Å².